The topological polar surface area (TPSA) is 271 Å². The summed E-state index contributed by atoms with van der Waals surface area (Å²) in [4.78, 5) is 45.1. The molecule has 3 fully saturated rings. The number of aromatic nitrogens is 8. The summed E-state index contributed by atoms with van der Waals surface area (Å²) >= 11 is 0. The molecule has 1 aliphatic carbocycles. The number of aliphatic hydroxyl groups excluding tert-OH is 1. The number of nitrogens with two attached hydrogens (primary N) is 2. The minimum Gasteiger partial charge on any atom is -0.394 e. The SMILES string of the molecule is Nc1ncnc2c1ncn2[C@H]1C[C@H](OP(=O)(O)/C=C2\CC23O[C@@H](n2cnc4c(N)ncnc42)C[C@@H]3O[PH](=O)O)[C@@H](CO)O1. The molecule has 4 aromatic heterocycles. The highest BCUT2D eigenvalue weighted by Crippen LogP contribution is 2.63. The number of nitrogen functional groups attached to an aromatic ring is 2. The summed E-state index contributed by atoms with van der Waals surface area (Å²) in [5, 5.41) is 9.92. The lowest BCUT2D eigenvalue weighted by molar-refractivity contribution is -0.0401. The number of rotatable bonds is 8. The van der Waals surface area contributed by atoms with Gasteiger partial charge in [0.15, 0.2) is 22.9 Å². The first kappa shape index (κ1) is 28.4. The van der Waals surface area contributed by atoms with Gasteiger partial charge in [-0.2, -0.15) is 0 Å². The van der Waals surface area contributed by atoms with Crippen molar-refractivity contribution in [3.8, 4) is 0 Å². The third kappa shape index (κ3) is 4.92. The van der Waals surface area contributed by atoms with Crippen LogP contribution in [0.4, 0.5) is 11.6 Å². The first-order valence-corrected chi connectivity index (χ1v) is 15.9. The lowest BCUT2D eigenvalue weighted by Gasteiger charge is -2.19. The van der Waals surface area contributed by atoms with Crippen LogP contribution in [0.15, 0.2) is 36.7 Å². The Labute approximate surface area is 242 Å². The first-order valence-electron chi connectivity index (χ1n) is 13.0. The third-order valence-corrected chi connectivity index (χ3v) is 9.45. The van der Waals surface area contributed by atoms with Gasteiger partial charge in [-0.1, -0.05) is 0 Å². The van der Waals surface area contributed by atoms with Gasteiger partial charge in [0, 0.05) is 25.1 Å². The molecule has 6 heterocycles. The van der Waals surface area contributed by atoms with Gasteiger partial charge in [0.05, 0.1) is 19.3 Å². The van der Waals surface area contributed by atoms with Gasteiger partial charge in [-0.05, 0) is 5.57 Å². The molecule has 1 spiro atoms. The Bertz CT molecular complexity index is 1830. The summed E-state index contributed by atoms with van der Waals surface area (Å²) in [5.74, 6) is 1.41. The number of fused-ring (bicyclic) bond motifs is 2. The van der Waals surface area contributed by atoms with Crippen LogP contribution < -0.4 is 11.5 Å². The molecular weight excluding hydrogens is 610 g/mol. The van der Waals surface area contributed by atoms with Gasteiger partial charge in [0.25, 0.3) is 0 Å². The maximum atomic E-state index is 13.3. The van der Waals surface area contributed by atoms with Gasteiger partial charge in [-0.25, -0.2) is 29.9 Å². The summed E-state index contributed by atoms with van der Waals surface area (Å²) in [6.07, 6.45) is 1.56. The molecule has 8 atom stereocenters. The van der Waals surface area contributed by atoms with Crippen molar-refractivity contribution >= 4 is 49.8 Å². The van der Waals surface area contributed by atoms with E-state index in [1.54, 1.807) is 9.13 Å². The summed E-state index contributed by atoms with van der Waals surface area (Å²) in [5.41, 5.74) is 12.4. The molecule has 228 valence electrons. The molecule has 2 saturated heterocycles. The van der Waals surface area contributed by atoms with Crippen molar-refractivity contribution in [3.05, 3.63) is 36.7 Å². The quantitative estimate of drug-likeness (QED) is 0.164. The number of imidazole rings is 2. The van der Waals surface area contributed by atoms with E-state index in [1.165, 1.54) is 25.3 Å². The molecule has 2 aliphatic heterocycles. The number of nitrogens with zero attached hydrogens (tertiary/aromatic N) is 8. The van der Waals surface area contributed by atoms with Gasteiger partial charge < -0.3 is 40.4 Å². The van der Waals surface area contributed by atoms with Crippen LogP contribution in [0.2, 0.25) is 0 Å². The van der Waals surface area contributed by atoms with Crippen LogP contribution in [-0.2, 0) is 27.7 Å². The molecule has 4 aromatic rings. The lowest BCUT2D eigenvalue weighted by Crippen LogP contribution is -2.27. The third-order valence-electron chi connectivity index (χ3n) is 7.76. The van der Waals surface area contributed by atoms with Crippen molar-refractivity contribution in [1.29, 1.82) is 0 Å². The predicted molar refractivity (Wildman–Crippen MR) is 146 cm³/mol. The van der Waals surface area contributed by atoms with Crippen LogP contribution in [0.3, 0.4) is 0 Å². The molecule has 0 bridgehead atoms. The molecule has 1 saturated carbocycles. The highest BCUT2D eigenvalue weighted by molar-refractivity contribution is 7.56. The summed E-state index contributed by atoms with van der Waals surface area (Å²) in [7, 11) is -7.85. The van der Waals surface area contributed by atoms with Crippen LogP contribution in [0.25, 0.3) is 22.3 Å². The zero-order chi connectivity index (χ0) is 30.1. The van der Waals surface area contributed by atoms with Crippen molar-refractivity contribution in [3.63, 3.8) is 0 Å². The second-order valence-electron chi connectivity index (χ2n) is 10.3. The Hall–Kier alpha value is -3.38. The van der Waals surface area contributed by atoms with E-state index in [9.17, 15) is 24.0 Å². The van der Waals surface area contributed by atoms with E-state index in [1.807, 2.05) is 0 Å². The summed E-state index contributed by atoms with van der Waals surface area (Å²) in [6.45, 7) is -0.482. The van der Waals surface area contributed by atoms with Gasteiger partial charge in [-0.3, -0.25) is 22.8 Å². The fourth-order valence-corrected chi connectivity index (χ4v) is 7.64. The van der Waals surface area contributed by atoms with Gasteiger partial charge in [-0.15, -0.1) is 0 Å². The van der Waals surface area contributed by atoms with Crippen LogP contribution in [0.1, 0.15) is 31.7 Å². The Morgan fingerprint density at radius 2 is 1.67 bits per heavy atom. The Balaban J connectivity index is 1.11. The van der Waals surface area contributed by atoms with Crippen molar-refractivity contribution in [2.45, 2.75) is 55.6 Å². The zero-order valence-electron chi connectivity index (χ0n) is 22.1. The monoisotopic (exact) mass is 636 g/mol. The summed E-state index contributed by atoms with van der Waals surface area (Å²) in [6, 6.07) is 0. The second kappa shape index (κ2) is 10.4. The average Bonchev–Trinajstić information content (AvgIpc) is 3.43. The molecule has 19 nitrogen and oxygen atoms in total. The number of hydrogen-bond acceptors (Lipinski definition) is 15. The van der Waals surface area contributed by atoms with E-state index >= 15 is 0 Å². The molecule has 43 heavy (non-hydrogen) atoms. The van der Waals surface area contributed by atoms with Crippen LogP contribution in [0, 0.1) is 0 Å². The molecule has 0 radical (unpaired) electrons. The Morgan fingerprint density at radius 1 is 1.05 bits per heavy atom. The highest BCUT2D eigenvalue weighted by atomic mass is 31.2. The maximum absolute atomic E-state index is 13.3. The maximum Gasteiger partial charge on any atom is 0.352 e. The lowest BCUT2D eigenvalue weighted by atomic mass is 10.1. The number of aliphatic hydroxyl groups is 1. The predicted octanol–water partition coefficient (Wildman–Crippen LogP) is 0.393. The van der Waals surface area contributed by atoms with E-state index in [2.05, 4.69) is 29.9 Å². The Morgan fingerprint density at radius 3 is 2.28 bits per heavy atom. The number of ether oxygens (including phenoxy) is 2. The molecule has 0 aromatic carbocycles. The zero-order valence-corrected chi connectivity index (χ0v) is 24.0. The smallest absolute Gasteiger partial charge is 0.352 e. The highest BCUT2D eigenvalue weighted by Gasteiger charge is 2.64. The van der Waals surface area contributed by atoms with Gasteiger partial charge >= 0.3 is 15.9 Å². The van der Waals surface area contributed by atoms with Crippen molar-refractivity contribution in [2.75, 3.05) is 18.1 Å². The van der Waals surface area contributed by atoms with Gasteiger partial charge in [0.1, 0.15) is 60.1 Å². The first-order chi connectivity index (χ1) is 20.6. The summed E-state index contributed by atoms with van der Waals surface area (Å²) < 4.78 is 51.3. The fraction of sp³-hybridized carbons (Fsp3) is 0.455. The minimum absolute atomic E-state index is 0.0922. The molecule has 3 aliphatic rings. The second-order valence-corrected chi connectivity index (χ2v) is 12.7. The van der Waals surface area contributed by atoms with Crippen molar-refractivity contribution in [1.82, 2.24) is 39.0 Å². The molecule has 21 heteroatoms. The van der Waals surface area contributed by atoms with Crippen LogP contribution in [0.5, 0.6) is 0 Å². The molecule has 3 unspecified atom stereocenters. The van der Waals surface area contributed by atoms with Crippen LogP contribution in [-0.4, -0.2) is 84.5 Å². The average molecular weight is 636 g/mol. The van der Waals surface area contributed by atoms with E-state index < -0.39 is 58.8 Å². The molecule has 0 amide bonds. The van der Waals surface area contributed by atoms with Crippen LogP contribution >= 0.6 is 15.9 Å². The molecule has 7 N–H and O–H groups in total. The molecular formula is C22H26N10O9P2. The van der Waals surface area contributed by atoms with Crippen molar-refractivity contribution < 1.29 is 42.5 Å². The standard InChI is InChI=1S/C22H26N10O9P2/c23-18-16-20(27-6-25-18)31(8-29-16)14-1-11(12(4-33)38-14)41-43(36,37)5-10-3-22(10)13(40-42(34)35)2-15(39-22)32-9-30-17-19(24)26-7-28-21(17)32/h5-9,11-15,33,42H,1-4H2,(H,34,35)(H,36,37)(H2,23,25,27)(H2,24,26,28)/b10-5+/t11-,12+,13-,14+,15+,22?/m0/s1. The minimum atomic E-state index is -4.46. The van der Waals surface area contributed by atoms with E-state index in [0.717, 1.165) is 5.82 Å². The normalized spacial score (nSPS) is 31.8. The fourth-order valence-electron chi connectivity index (χ4n) is 5.74. The van der Waals surface area contributed by atoms with E-state index in [-0.39, 0.29) is 30.9 Å². The Kier molecular flexibility index (Phi) is 6.84. The van der Waals surface area contributed by atoms with Gasteiger partial charge in [0.2, 0.25) is 0 Å². The number of anilines is 2. The molecule has 7 rings (SSSR count). The van der Waals surface area contributed by atoms with E-state index in [0.29, 0.717) is 27.9 Å². The number of hydrogen-bond donors (Lipinski definition) is 5. The largest absolute Gasteiger partial charge is 0.394 e. The van der Waals surface area contributed by atoms with E-state index in [4.69, 9.17) is 30.0 Å². The van der Waals surface area contributed by atoms with Crippen molar-refractivity contribution in [2.24, 2.45) is 0 Å².